The summed E-state index contributed by atoms with van der Waals surface area (Å²) in [7, 11) is 0. The number of phenolic OH excluding ortho intramolecular Hbond substituents is 1. The highest BCUT2D eigenvalue weighted by Crippen LogP contribution is 2.23. The first kappa shape index (κ1) is 9.87. The van der Waals surface area contributed by atoms with Gasteiger partial charge in [-0.05, 0) is 43.7 Å². The SMILES string of the molecule is Oc1ccc(SC[C@@H]2CCCN2)cc1. The Labute approximate surface area is 88.7 Å². The highest BCUT2D eigenvalue weighted by Gasteiger charge is 2.13. The van der Waals surface area contributed by atoms with Crippen molar-refractivity contribution in [2.45, 2.75) is 23.8 Å². The molecule has 1 aliphatic rings. The van der Waals surface area contributed by atoms with Crippen molar-refractivity contribution in [1.29, 1.82) is 0 Å². The van der Waals surface area contributed by atoms with Crippen LogP contribution in [0, 0.1) is 0 Å². The molecule has 76 valence electrons. The van der Waals surface area contributed by atoms with Gasteiger partial charge in [-0.2, -0.15) is 0 Å². The van der Waals surface area contributed by atoms with Crippen molar-refractivity contribution in [3.8, 4) is 5.75 Å². The van der Waals surface area contributed by atoms with Crippen LogP contribution >= 0.6 is 11.8 Å². The molecular weight excluding hydrogens is 194 g/mol. The van der Waals surface area contributed by atoms with Crippen LogP contribution in [0.15, 0.2) is 29.2 Å². The first-order valence-electron chi connectivity index (χ1n) is 5.00. The van der Waals surface area contributed by atoms with Crippen LogP contribution in [0.25, 0.3) is 0 Å². The Hall–Kier alpha value is -0.670. The molecule has 1 aromatic carbocycles. The first-order chi connectivity index (χ1) is 6.84. The Morgan fingerprint density at radius 3 is 2.79 bits per heavy atom. The number of phenols is 1. The molecule has 14 heavy (non-hydrogen) atoms. The number of rotatable bonds is 3. The minimum absolute atomic E-state index is 0.341. The third-order valence-corrected chi connectivity index (χ3v) is 3.62. The van der Waals surface area contributed by atoms with Crippen LogP contribution in [0.5, 0.6) is 5.75 Å². The van der Waals surface area contributed by atoms with Crippen LogP contribution in [-0.4, -0.2) is 23.4 Å². The van der Waals surface area contributed by atoms with E-state index in [0.29, 0.717) is 11.8 Å². The number of benzene rings is 1. The predicted octanol–water partition coefficient (Wildman–Crippen LogP) is 2.24. The highest BCUT2D eigenvalue weighted by atomic mass is 32.2. The van der Waals surface area contributed by atoms with Crippen molar-refractivity contribution in [3.05, 3.63) is 24.3 Å². The van der Waals surface area contributed by atoms with Crippen molar-refractivity contribution in [2.24, 2.45) is 0 Å². The number of hydrogen-bond acceptors (Lipinski definition) is 3. The lowest BCUT2D eigenvalue weighted by Crippen LogP contribution is -2.23. The molecule has 0 aliphatic carbocycles. The Morgan fingerprint density at radius 2 is 2.14 bits per heavy atom. The van der Waals surface area contributed by atoms with Gasteiger partial charge in [0.2, 0.25) is 0 Å². The zero-order chi connectivity index (χ0) is 9.80. The van der Waals surface area contributed by atoms with Crippen LogP contribution in [-0.2, 0) is 0 Å². The molecule has 2 rings (SSSR count). The summed E-state index contributed by atoms with van der Waals surface area (Å²) in [4.78, 5) is 1.23. The lowest BCUT2D eigenvalue weighted by atomic mass is 10.3. The minimum atomic E-state index is 0.341. The summed E-state index contributed by atoms with van der Waals surface area (Å²) in [6.07, 6.45) is 2.60. The van der Waals surface area contributed by atoms with E-state index in [1.54, 1.807) is 12.1 Å². The van der Waals surface area contributed by atoms with Gasteiger partial charge in [-0.25, -0.2) is 0 Å². The van der Waals surface area contributed by atoms with Gasteiger partial charge in [0.25, 0.3) is 0 Å². The number of aromatic hydroxyl groups is 1. The molecule has 3 heteroatoms. The molecule has 2 N–H and O–H groups in total. The Balaban J connectivity index is 1.82. The number of thioether (sulfide) groups is 1. The molecule has 0 bridgehead atoms. The predicted molar refractivity (Wildman–Crippen MR) is 59.9 cm³/mol. The van der Waals surface area contributed by atoms with Gasteiger partial charge >= 0.3 is 0 Å². The second-order valence-electron chi connectivity index (χ2n) is 3.60. The Morgan fingerprint density at radius 1 is 1.36 bits per heavy atom. The van der Waals surface area contributed by atoms with Crippen LogP contribution in [0.4, 0.5) is 0 Å². The van der Waals surface area contributed by atoms with Gasteiger partial charge in [-0.15, -0.1) is 11.8 Å². The van der Waals surface area contributed by atoms with E-state index in [1.807, 2.05) is 23.9 Å². The third kappa shape index (κ3) is 2.66. The molecule has 2 nitrogen and oxygen atoms in total. The monoisotopic (exact) mass is 209 g/mol. The van der Waals surface area contributed by atoms with Gasteiger partial charge in [0, 0.05) is 16.7 Å². The molecule has 1 atom stereocenters. The largest absolute Gasteiger partial charge is 0.508 e. The molecule has 0 amide bonds. The fourth-order valence-corrected chi connectivity index (χ4v) is 2.64. The molecule has 1 fully saturated rings. The van der Waals surface area contributed by atoms with Crippen LogP contribution < -0.4 is 5.32 Å². The summed E-state index contributed by atoms with van der Waals surface area (Å²) in [5.74, 6) is 1.47. The van der Waals surface area contributed by atoms with Crippen molar-refractivity contribution in [2.75, 3.05) is 12.3 Å². The summed E-state index contributed by atoms with van der Waals surface area (Å²) < 4.78 is 0. The molecule has 1 aromatic rings. The summed E-state index contributed by atoms with van der Waals surface area (Å²) in [5, 5.41) is 12.6. The van der Waals surface area contributed by atoms with E-state index in [1.165, 1.54) is 24.3 Å². The zero-order valence-electron chi connectivity index (χ0n) is 8.07. The maximum Gasteiger partial charge on any atom is 0.115 e. The average Bonchev–Trinajstić information content (AvgIpc) is 2.70. The summed E-state index contributed by atoms with van der Waals surface area (Å²) in [6, 6.07) is 8.09. The smallest absolute Gasteiger partial charge is 0.115 e. The lowest BCUT2D eigenvalue weighted by molar-refractivity contribution is 0.475. The number of nitrogens with one attached hydrogen (secondary N) is 1. The lowest BCUT2D eigenvalue weighted by Gasteiger charge is -2.08. The van der Waals surface area contributed by atoms with Gasteiger partial charge in [0.05, 0.1) is 0 Å². The van der Waals surface area contributed by atoms with Gasteiger partial charge in [-0.1, -0.05) is 0 Å². The van der Waals surface area contributed by atoms with Crippen molar-refractivity contribution >= 4 is 11.8 Å². The zero-order valence-corrected chi connectivity index (χ0v) is 8.89. The van der Waals surface area contributed by atoms with Crippen LogP contribution in [0.1, 0.15) is 12.8 Å². The van der Waals surface area contributed by atoms with Gasteiger partial charge < -0.3 is 10.4 Å². The third-order valence-electron chi connectivity index (χ3n) is 2.45. The average molecular weight is 209 g/mol. The van der Waals surface area contributed by atoms with E-state index in [2.05, 4.69) is 5.32 Å². The molecule has 1 aliphatic heterocycles. The Kier molecular flexibility index (Phi) is 3.32. The van der Waals surface area contributed by atoms with Gasteiger partial charge in [-0.3, -0.25) is 0 Å². The van der Waals surface area contributed by atoms with Gasteiger partial charge in [0.1, 0.15) is 5.75 Å². The molecule has 0 radical (unpaired) electrons. The highest BCUT2D eigenvalue weighted by molar-refractivity contribution is 7.99. The first-order valence-corrected chi connectivity index (χ1v) is 5.98. The Bertz CT molecular complexity index is 280. The fraction of sp³-hybridized carbons (Fsp3) is 0.455. The summed E-state index contributed by atoms with van der Waals surface area (Å²) in [6.45, 7) is 1.17. The van der Waals surface area contributed by atoms with Crippen LogP contribution in [0.3, 0.4) is 0 Å². The van der Waals surface area contributed by atoms with E-state index in [-0.39, 0.29) is 0 Å². The maximum atomic E-state index is 9.11. The quantitative estimate of drug-likeness (QED) is 0.749. The fourth-order valence-electron chi connectivity index (χ4n) is 1.64. The molecule has 1 heterocycles. The van der Waals surface area contributed by atoms with Crippen LogP contribution in [0.2, 0.25) is 0 Å². The topological polar surface area (TPSA) is 32.3 Å². The summed E-state index contributed by atoms with van der Waals surface area (Å²) in [5.41, 5.74) is 0. The number of hydrogen-bond donors (Lipinski definition) is 2. The molecular formula is C11H15NOS. The van der Waals surface area contributed by atoms with E-state index in [4.69, 9.17) is 5.11 Å². The van der Waals surface area contributed by atoms with Crippen molar-refractivity contribution in [3.63, 3.8) is 0 Å². The van der Waals surface area contributed by atoms with E-state index in [0.717, 1.165) is 5.75 Å². The molecule has 0 saturated carbocycles. The van der Waals surface area contributed by atoms with Crippen molar-refractivity contribution in [1.82, 2.24) is 5.32 Å². The standard InChI is InChI=1S/C11H15NOS/c13-10-3-5-11(6-4-10)14-8-9-2-1-7-12-9/h3-6,9,12-13H,1-2,7-8H2/t9-/m0/s1. The minimum Gasteiger partial charge on any atom is -0.508 e. The normalized spacial score (nSPS) is 21.3. The second-order valence-corrected chi connectivity index (χ2v) is 4.69. The molecule has 0 spiro atoms. The molecule has 1 saturated heterocycles. The molecule has 0 aromatic heterocycles. The van der Waals surface area contributed by atoms with Crippen molar-refractivity contribution < 1.29 is 5.11 Å². The second kappa shape index (κ2) is 4.71. The van der Waals surface area contributed by atoms with E-state index in [9.17, 15) is 0 Å². The van der Waals surface area contributed by atoms with Gasteiger partial charge in [0.15, 0.2) is 0 Å². The van der Waals surface area contributed by atoms with E-state index < -0.39 is 0 Å². The molecule has 0 unspecified atom stereocenters. The summed E-state index contributed by atoms with van der Waals surface area (Å²) >= 11 is 1.85. The maximum absolute atomic E-state index is 9.11. The van der Waals surface area contributed by atoms with E-state index >= 15 is 0 Å².